The van der Waals surface area contributed by atoms with Gasteiger partial charge in [0.25, 0.3) is 11.8 Å². The molecule has 1 saturated heterocycles. The molecule has 0 radical (unpaired) electrons. The van der Waals surface area contributed by atoms with Gasteiger partial charge >= 0.3 is 0 Å². The van der Waals surface area contributed by atoms with E-state index in [1.165, 1.54) is 17.2 Å². The molecule has 1 aromatic carbocycles. The number of anilines is 1. The zero-order chi connectivity index (χ0) is 22.0. The monoisotopic (exact) mass is 427 g/mol. The smallest absolute Gasteiger partial charge is 0.269 e. The van der Waals surface area contributed by atoms with Gasteiger partial charge in [0.05, 0.1) is 6.33 Å². The van der Waals surface area contributed by atoms with Crippen LogP contribution >= 0.6 is 0 Å². The van der Waals surface area contributed by atoms with E-state index in [9.17, 15) is 19.8 Å². The third kappa shape index (κ3) is 3.91. The Bertz CT molecular complexity index is 1090. The number of nitrogens with zero attached hydrogens (tertiary/aromatic N) is 4. The Morgan fingerprint density at radius 3 is 2.65 bits per heavy atom. The second-order valence-electron chi connectivity index (χ2n) is 6.81. The lowest BCUT2D eigenvalue weighted by Crippen LogP contribution is -2.42. The number of aromatic nitrogens is 4. The topological polar surface area (TPSA) is 164 Å². The van der Waals surface area contributed by atoms with E-state index in [0.717, 1.165) is 0 Å². The molecule has 1 fully saturated rings. The van der Waals surface area contributed by atoms with Gasteiger partial charge in [-0.05, 0) is 19.1 Å². The van der Waals surface area contributed by atoms with Gasteiger partial charge in [0.2, 0.25) is 0 Å². The summed E-state index contributed by atoms with van der Waals surface area (Å²) in [6.45, 7) is 2.09. The highest BCUT2D eigenvalue weighted by Gasteiger charge is 2.47. The van der Waals surface area contributed by atoms with Crippen LogP contribution in [0.5, 0.6) is 0 Å². The van der Waals surface area contributed by atoms with Crippen LogP contribution in [0.1, 0.15) is 23.5 Å². The average Bonchev–Trinajstić information content (AvgIpc) is 3.34. The van der Waals surface area contributed by atoms with Crippen molar-refractivity contribution in [2.75, 3.05) is 12.0 Å². The molecule has 12 nitrogen and oxygen atoms in total. The van der Waals surface area contributed by atoms with E-state index in [0.29, 0.717) is 17.6 Å². The highest BCUT2D eigenvalue weighted by molar-refractivity contribution is 5.95. The molecule has 162 valence electrons. The van der Waals surface area contributed by atoms with Gasteiger partial charge in [-0.15, -0.1) is 0 Å². The van der Waals surface area contributed by atoms with Crippen molar-refractivity contribution in [2.24, 2.45) is 0 Å². The number of aliphatic hydroxyl groups is 2. The number of carbonyl (C=O) groups excluding carboxylic acids is 2. The van der Waals surface area contributed by atoms with E-state index in [1.807, 2.05) is 0 Å². The molecule has 1 aliphatic heterocycles. The SMILES string of the molecule is CCNC(=O)[C@H]1O[C@@H](n2cnc3c(NNC(=O)c4ccccc4)ncnc32)[C@H](O)[C@@H]1O. The number of likely N-dealkylation sites (N-methyl/N-ethyl adjacent to an activating group) is 1. The number of aliphatic hydroxyl groups excluding tert-OH is 2. The predicted octanol–water partition coefficient (Wildman–Crippen LogP) is -0.661. The molecule has 3 aromatic rings. The Morgan fingerprint density at radius 1 is 1.13 bits per heavy atom. The van der Waals surface area contributed by atoms with Gasteiger partial charge in [-0.1, -0.05) is 18.2 Å². The highest BCUT2D eigenvalue weighted by Crippen LogP contribution is 2.32. The van der Waals surface area contributed by atoms with Crippen molar-refractivity contribution in [1.82, 2.24) is 30.3 Å². The minimum Gasteiger partial charge on any atom is -0.387 e. The van der Waals surface area contributed by atoms with Crippen LogP contribution in [0.15, 0.2) is 43.0 Å². The van der Waals surface area contributed by atoms with Crippen molar-refractivity contribution in [3.63, 3.8) is 0 Å². The summed E-state index contributed by atoms with van der Waals surface area (Å²) in [6.07, 6.45) is -2.52. The van der Waals surface area contributed by atoms with Crippen LogP contribution in [-0.2, 0) is 9.53 Å². The van der Waals surface area contributed by atoms with Crippen LogP contribution < -0.4 is 16.2 Å². The first-order chi connectivity index (χ1) is 15.0. The van der Waals surface area contributed by atoms with Gasteiger partial charge < -0.3 is 20.3 Å². The van der Waals surface area contributed by atoms with Crippen molar-refractivity contribution in [1.29, 1.82) is 0 Å². The van der Waals surface area contributed by atoms with Crippen molar-refractivity contribution >= 4 is 28.8 Å². The van der Waals surface area contributed by atoms with Gasteiger partial charge in [-0.25, -0.2) is 15.0 Å². The van der Waals surface area contributed by atoms with Gasteiger partial charge in [0.15, 0.2) is 29.3 Å². The number of hydrazine groups is 1. The van der Waals surface area contributed by atoms with Gasteiger partial charge in [-0.2, -0.15) is 0 Å². The standard InChI is InChI=1S/C19H21N7O5/c1-2-20-18(30)14-12(27)13(28)19(31-14)26-9-23-11-15(21-8-22-16(11)26)24-25-17(29)10-6-4-3-5-7-10/h3-9,12-14,19,27-28H,2H2,1H3,(H,20,30)(H,25,29)(H,21,22,24)/t12-,13+,14-,19+/m0/s1. The summed E-state index contributed by atoms with van der Waals surface area (Å²) in [5.41, 5.74) is 6.27. The molecule has 2 aromatic heterocycles. The van der Waals surface area contributed by atoms with E-state index in [2.05, 4.69) is 31.1 Å². The van der Waals surface area contributed by atoms with Crippen LogP contribution in [0.4, 0.5) is 5.82 Å². The van der Waals surface area contributed by atoms with Crippen LogP contribution in [0.3, 0.4) is 0 Å². The summed E-state index contributed by atoms with van der Waals surface area (Å²) in [7, 11) is 0. The molecule has 31 heavy (non-hydrogen) atoms. The highest BCUT2D eigenvalue weighted by atomic mass is 16.6. The van der Waals surface area contributed by atoms with Gasteiger partial charge in [0, 0.05) is 12.1 Å². The maximum absolute atomic E-state index is 12.2. The van der Waals surface area contributed by atoms with Crippen molar-refractivity contribution in [2.45, 2.75) is 31.5 Å². The third-order valence-corrected chi connectivity index (χ3v) is 4.81. The van der Waals surface area contributed by atoms with Crippen molar-refractivity contribution in [3.8, 4) is 0 Å². The number of benzene rings is 1. The fraction of sp³-hybridized carbons (Fsp3) is 0.316. The number of hydrogen-bond acceptors (Lipinski definition) is 9. The fourth-order valence-electron chi connectivity index (χ4n) is 3.29. The van der Waals surface area contributed by atoms with Crippen LogP contribution in [0, 0.1) is 0 Å². The first-order valence-corrected chi connectivity index (χ1v) is 9.59. The molecule has 0 saturated carbocycles. The van der Waals surface area contributed by atoms with E-state index in [1.54, 1.807) is 37.3 Å². The molecule has 4 atom stereocenters. The summed E-state index contributed by atoms with van der Waals surface area (Å²) in [5.74, 6) is -0.669. The molecule has 12 heteroatoms. The molecule has 0 aliphatic carbocycles. The lowest BCUT2D eigenvalue weighted by atomic mass is 10.1. The van der Waals surface area contributed by atoms with Crippen LogP contribution in [0.2, 0.25) is 0 Å². The van der Waals surface area contributed by atoms with Crippen molar-refractivity contribution in [3.05, 3.63) is 48.5 Å². The molecule has 0 unspecified atom stereocenters. The van der Waals surface area contributed by atoms with Crippen LogP contribution in [-0.4, -0.2) is 66.4 Å². The maximum atomic E-state index is 12.2. The van der Waals surface area contributed by atoms with E-state index < -0.39 is 30.4 Å². The molecule has 5 N–H and O–H groups in total. The Balaban J connectivity index is 1.55. The molecular formula is C19H21N7O5. The largest absolute Gasteiger partial charge is 0.387 e. The second kappa shape index (κ2) is 8.63. The minimum absolute atomic E-state index is 0.223. The number of carbonyl (C=O) groups is 2. The first kappa shape index (κ1) is 20.7. The fourth-order valence-corrected chi connectivity index (χ4v) is 3.29. The molecule has 4 rings (SSSR count). The summed E-state index contributed by atoms with van der Waals surface area (Å²) in [6, 6.07) is 8.62. The first-order valence-electron chi connectivity index (χ1n) is 9.59. The molecular weight excluding hydrogens is 406 g/mol. The summed E-state index contributed by atoms with van der Waals surface area (Å²) in [5, 5.41) is 23.2. The normalized spacial score (nSPS) is 22.9. The summed E-state index contributed by atoms with van der Waals surface area (Å²) >= 11 is 0. The Kier molecular flexibility index (Phi) is 5.75. The third-order valence-electron chi connectivity index (χ3n) is 4.81. The zero-order valence-electron chi connectivity index (χ0n) is 16.5. The minimum atomic E-state index is -1.42. The van der Waals surface area contributed by atoms with Gasteiger partial charge in [-0.3, -0.25) is 25.0 Å². The molecule has 3 heterocycles. The second-order valence-corrected chi connectivity index (χ2v) is 6.81. The quantitative estimate of drug-likeness (QED) is 0.321. The number of ether oxygens (including phenoxy) is 1. The number of nitrogens with one attached hydrogen (secondary N) is 3. The molecule has 1 aliphatic rings. The molecule has 2 amide bonds. The van der Waals surface area contributed by atoms with E-state index >= 15 is 0 Å². The summed E-state index contributed by atoms with van der Waals surface area (Å²) < 4.78 is 7.01. The molecule has 0 bridgehead atoms. The van der Waals surface area contributed by atoms with E-state index in [4.69, 9.17) is 4.74 Å². The lowest BCUT2D eigenvalue weighted by molar-refractivity contribution is -0.137. The number of rotatable bonds is 6. The predicted molar refractivity (Wildman–Crippen MR) is 107 cm³/mol. The number of imidazole rings is 1. The zero-order valence-corrected chi connectivity index (χ0v) is 16.5. The number of amides is 2. The van der Waals surface area contributed by atoms with Crippen molar-refractivity contribution < 1.29 is 24.5 Å². The summed E-state index contributed by atoms with van der Waals surface area (Å²) in [4.78, 5) is 36.8. The Hall–Kier alpha value is -3.61. The molecule has 0 spiro atoms. The Morgan fingerprint density at radius 2 is 1.90 bits per heavy atom. The maximum Gasteiger partial charge on any atom is 0.269 e. The van der Waals surface area contributed by atoms with Gasteiger partial charge in [0.1, 0.15) is 18.5 Å². The van der Waals surface area contributed by atoms with Crippen LogP contribution in [0.25, 0.3) is 11.2 Å². The lowest BCUT2D eigenvalue weighted by Gasteiger charge is -2.16. The van der Waals surface area contributed by atoms with E-state index in [-0.39, 0.29) is 17.4 Å². The Labute approximate surface area is 176 Å². The number of fused-ring (bicyclic) bond motifs is 1. The average molecular weight is 427 g/mol. The number of hydrogen-bond donors (Lipinski definition) is 5.